The fourth-order valence-corrected chi connectivity index (χ4v) is 3.79. The van der Waals surface area contributed by atoms with Crippen molar-refractivity contribution >= 4 is 11.6 Å². The number of unbranched alkanes of at least 4 members (excludes halogenated alkanes) is 1. The summed E-state index contributed by atoms with van der Waals surface area (Å²) in [4.78, 5) is 4.43. The normalized spacial score (nSPS) is 10.8. The van der Waals surface area contributed by atoms with Gasteiger partial charge in [-0.2, -0.15) is 5.21 Å². The van der Waals surface area contributed by atoms with Gasteiger partial charge >= 0.3 is 51.4 Å². The van der Waals surface area contributed by atoms with Gasteiger partial charge in [0, 0.05) is 24.2 Å². The second kappa shape index (κ2) is 11.5. The standard InChI is InChI=1S/C22H22ClN6O.K/c1-2-3-8-20-24-21(23)19(14-30)29(20)13-15-9-11-16(12-10-15)17-6-4-5-7-18(17)22-25-27-28-26-22;/h4-7,9-12H,2-3,8,13-14H2,1H3,(H,25,26,27,28);/q-1;+1. The van der Waals surface area contributed by atoms with Gasteiger partial charge in [-0.25, -0.2) is 4.98 Å². The monoisotopic (exact) mass is 460 g/mol. The molecular formula is C22H22ClKN6O. The molecule has 1 N–H and O–H groups in total. The first-order valence-corrected chi connectivity index (χ1v) is 10.3. The Hall–Kier alpha value is -1.39. The Morgan fingerprint density at radius 2 is 1.81 bits per heavy atom. The molecule has 31 heavy (non-hydrogen) atoms. The Kier molecular flexibility index (Phi) is 8.97. The fraction of sp³-hybridized carbons (Fsp3) is 0.273. The molecule has 0 unspecified atom stereocenters. The average Bonchev–Trinajstić information content (AvgIpc) is 3.41. The number of aromatic nitrogens is 6. The van der Waals surface area contributed by atoms with Gasteiger partial charge in [-0.1, -0.05) is 80.1 Å². The molecule has 0 amide bonds. The van der Waals surface area contributed by atoms with Crippen molar-refractivity contribution < 1.29 is 56.5 Å². The van der Waals surface area contributed by atoms with Crippen LogP contribution in [0.15, 0.2) is 48.5 Å². The van der Waals surface area contributed by atoms with Gasteiger partial charge in [0.15, 0.2) is 0 Å². The number of aryl methyl sites for hydroxylation is 1. The van der Waals surface area contributed by atoms with Crippen molar-refractivity contribution in [1.29, 1.82) is 0 Å². The molecule has 0 aliphatic heterocycles. The van der Waals surface area contributed by atoms with E-state index in [1.54, 1.807) is 0 Å². The molecule has 0 aliphatic carbocycles. The molecule has 0 fully saturated rings. The number of hydrogen-bond donors (Lipinski definition) is 1. The minimum atomic E-state index is -0.381. The van der Waals surface area contributed by atoms with Crippen LogP contribution in [0.5, 0.6) is 0 Å². The number of tetrazole rings is 1. The Labute approximate surface area is 228 Å². The number of nitrogens with one attached hydrogen (secondary N) is 1. The van der Waals surface area contributed by atoms with Crippen molar-refractivity contribution in [3.8, 4) is 22.5 Å². The molecule has 0 bridgehead atoms. The van der Waals surface area contributed by atoms with E-state index in [-0.39, 0.29) is 58.0 Å². The van der Waals surface area contributed by atoms with Crippen LogP contribution in [0, 0.1) is 0 Å². The second-order valence-electron chi connectivity index (χ2n) is 7.08. The van der Waals surface area contributed by atoms with E-state index in [1.165, 1.54) is 0 Å². The van der Waals surface area contributed by atoms with Crippen LogP contribution in [-0.2, 0) is 19.6 Å². The van der Waals surface area contributed by atoms with Gasteiger partial charge in [-0.15, -0.1) is 10.2 Å². The number of aromatic amines is 1. The summed E-state index contributed by atoms with van der Waals surface area (Å²) in [6.45, 7) is 2.33. The van der Waals surface area contributed by atoms with Gasteiger partial charge in [-0.05, 0) is 28.3 Å². The molecule has 154 valence electrons. The van der Waals surface area contributed by atoms with Crippen LogP contribution in [0.25, 0.3) is 22.5 Å². The molecule has 2 aromatic carbocycles. The third-order valence-corrected chi connectivity index (χ3v) is 5.41. The average molecular weight is 461 g/mol. The van der Waals surface area contributed by atoms with Crippen LogP contribution in [0.1, 0.15) is 36.8 Å². The molecule has 7 nitrogen and oxygen atoms in total. The van der Waals surface area contributed by atoms with E-state index < -0.39 is 0 Å². The van der Waals surface area contributed by atoms with Gasteiger partial charge in [0.2, 0.25) is 5.82 Å². The van der Waals surface area contributed by atoms with Gasteiger partial charge in [-0.3, -0.25) is 0 Å². The zero-order chi connectivity index (χ0) is 20.9. The number of halogens is 1. The van der Waals surface area contributed by atoms with Crippen LogP contribution < -0.4 is 56.5 Å². The first-order chi connectivity index (χ1) is 14.7. The topological polar surface area (TPSA) is 95.3 Å². The Morgan fingerprint density at radius 3 is 2.45 bits per heavy atom. The first-order valence-electron chi connectivity index (χ1n) is 9.95. The van der Waals surface area contributed by atoms with Crippen LogP contribution >= 0.6 is 11.6 Å². The van der Waals surface area contributed by atoms with Gasteiger partial charge < -0.3 is 9.67 Å². The summed E-state index contributed by atoms with van der Waals surface area (Å²) >= 11 is 6.22. The summed E-state index contributed by atoms with van der Waals surface area (Å²) in [6, 6.07) is 16.2. The Bertz CT molecular complexity index is 1110. The van der Waals surface area contributed by atoms with Crippen molar-refractivity contribution in [1.82, 2.24) is 30.2 Å². The number of imidazole rings is 1. The van der Waals surface area contributed by atoms with Crippen LogP contribution in [-0.4, -0.2) is 30.2 Å². The molecule has 2 aromatic heterocycles. The third kappa shape index (κ3) is 5.51. The predicted molar refractivity (Wildman–Crippen MR) is 114 cm³/mol. The summed E-state index contributed by atoms with van der Waals surface area (Å²) in [6.07, 6.45) is 2.88. The first kappa shape index (κ1) is 24.3. The maximum Gasteiger partial charge on any atom is 1.00 e. The van der Waals surface area contributed by atoms with Crippen molar-refractivity contribution in [3.63, 3.8) is 0 Å². The van der Waals surface area contributed by atoms with Gasteiger partial charge in [0.25, 0.3) is 0 Å². The van der Waals surface area contributed by atoms with E-state index >= 15 is 0 Å². The number of H-pyrrole nitrogens is 1. The van der Waals surface area contributed by atoms with E-state index in [4.69, 9.17) is 11.6 Å². The molecule has 0 saturated heterocycles. The van der Waals surface area contributed by atoms with E-state index in [2.05, 4.69) is 56.8 Å². The predicted octanol–water partition coefficient (Wildman–Crippen LogP) is 0.639. The van der Waals surface area contributed by atoms with Gasteiger partial charge in [0.05, 0.1) is 0 Å². The number of hydrogen-bond acceptors (Lipinski definition) is 5. The summed E-state index contributed by atoms with van der Waals surface area (Å²) in [5.41, 5.74) is 4.63. The molecule has 0 saturated carbocycles. The van der Waals surface area contributed by atoms with Crippen molar-refractivity contribution in [2.75, 3.05) is 0 Å². The third-order valence-electron chi connectivity index (χ3n) is 5.11. The smallest absolute Gasteiger partial charge is 0.850 e. The zero-order valence-electron chi connectivity index (χ0n) is 17.7. The number of nitrogens with zero attached hydrogens (tertiary/aromatic N) is 5. The van der Waals surface area contributed by atoms with E-state index in [0.717, 1.165) is 47.3 Å². The molecule has 0 radical (unpaired) electrons. The molecular weight excluding hydrogens is 439 g/mol. The largest absolute Gasteiger partial charge is 1.00 e. The maximum atomic E-state index is 11.7. The number of benzene rings is 2. The fourth-order valence-electron chi connectivity index (χ4n) is 3.53. The number of rotatable bonds is 8. The van der Waals surface area contributed by atoms with E-state index in [9.17, 15) is 5.11 Å². The summed E-state index contributed by atoms with van der Waals surface area (Å²) in [5, 5.41) is 26.4. The molecule has 9 heteroatoms. The molecule has 0 spiro atoms. The SMILES string of the molecule is CCCCc1nc(Cl)c(C[O-])n1Cc1ccc(-c2ccccc2-c2nn[nH]n2)cc1.[K+]. The molecule has 0 aliphatic rings. The Balaban J connectivity index is 0.00000272. The van der Waals surface area contributed by atoms with Crippen LogP contribution in [0.3, 0.4) is 0 Å². The minimum Gasteiger partial charge on any atom is -0.850 e. The molecule has 4 aromatic rings. The molecule has 0 atom stereocenters. The summed E-state index contributed by atoms with van der Waals surface area (Å²) in [7, 11) is 0. The maximum absolute atomic E-state index is 11.7. The minimum absolute atomic E-state index is 0. The zero-order valence-corrected chi connectivity index (χ0v) is 21.6. The summed E-state index contributed by atoms with van der Waals surface area (Å²) < 4.78 is 1.97. The van der Waals surface area contributed by atoms with Crippen molar-refractivity contribution in [3.05, 3.63) is 70.8 Å². The van der Waals surface area contributed by atoms with E-state index in [1.807, 2.05) is 28.8 Å². The van der Waals surface area contributed by atoms with Crippen LogP contribution in [0.2, 0.25) is 5.15 Å². The summed E-state index contributed by atoms with van der Waals surface area (Å²) in [5.74, 6) is 1.43. The van der Waals surface area contributed by atoms with E-state index in [0.29, 0.717) is 23.2 Å². The van der Waals surface area contributed by atoms with Crippen molar-refractivity contribution in [2.24, 2.45) is 0 Å². The van der Waals surface area contributed by atoms with Gasteiger partial charge in [0.1, 0.15) is 11.0 Å². The van der Waals surface area contributed by atoms with Crippen LogP contribution in [0.4, 0.5) is 0 Å². The quantitative estimate of drug-likeness (QED) is 0.389. The second-order valence-corrected chi connectivity index (χ2v) is 7.44. The molecule has 4 rings (SSSR count). The Morgan fingerprint density at radius 1 is 1.06 bits per heavy atom. The van der Waals surface area contributed by atoms with Crippen molar-refractivity contribution in [2.45, 2.75) is 39.3 Å². The molecule has 2 heterocycles.